The lowest BCUT2D eigenvalue weighted by molar-refractivity contribution is 0.574. The monoisotopic (exact) mass is 229 g/mol. The molecule has 0 bridgehead atoms. The van der Waals surface area contributed by atoms with Gasteiger partial charge in [0.25, 0.3) is 0 Å². The molecule has 1 aromatic carbocycles. The summed E-state index contributed by atoms with van der Waals surface area (Å²) in [5.41, 5.74) is 2.91. The van der Waals surface area contributed by atoms with Crippen molar-refractivity contribution < 1.29 is 0 Å². The number of hydrogen-bond acceptors (Lipinski definition) is 3. The number of benzene rings is 1. The first kappa shape index (κ1) is 11.9. The molecule has 0 aliphatic carbocycles. The number of nitrogens with one attached hydrogen (secondary N) is 2. The zero-order valence-electron chi connectivity index (χ0n) is 10.3. The van der Waals surface area contributed by atoms with E-state index in [1.165, 1.54) is 25.8 Å². The number of nitrogens with zero attached hydrogens (tertiary/aromatic N) is 1. The zero-order chi connectivity index (χ0) is 12.1. The Kier molecular flexibility index (Phi) is 4.00. The van der Waals surface area contributed by atoms with Crippen LogP contribution in [0.5, 0.6) is 0 Å². The molecule has 3 nitrogen and oxygen atoms in total. The molecule has 2 N–H and O–H groups in total. The van der Waals surface area contributed by atoms with Crippen LogP contribution in [0.4, 0.5) is 5.69 Å². The first-order valence-electron chi connectivity index (χ1n) is 6.27. The smallest absolute Gasteiger partial charge is 0.0994 e. The van der Waals surface area contributed by atoms with E-state index in [9.17, 15) is 0 Å². The second-order valence-electron chi connectivity index (χ2n) is 4.65. The molecular formula is C14H19N3. The fraction of sp³-hybridized carbons (Fsp3) is 0.500. The van der Waals surface area contributed by atoms with Crippen molar-refractivity contribution in [2.24, 2.45) is 0 Å². The molecule has 1 heterocycles. The van der Waals surface area contributed by atoms with Gasteiger partial charge in [0.1, 0.15) is 0 Å². The molecule has 0 unspecified atom stereocenters. The lowest BCUT2D eigenvalue weighted by atomic mass is 10.1. The van der Waals surface area contributed by atoms with E-state index in [0.717, 1.165) is 23.4 Å². The summed E-state index contributed by atoms with van der Waals surface area (Å²) in [5, 5.41) is 15.8. The van der Waals surface area contributed by atoms with Gasteiger partial charge in [0, 0.05) is 18.3 Å². The summed E-state index contributed by atoms with van der Waals surface area (Å²) < 4.78 is 0. The fourth-order valence-electron chi connectivity index (χ4n) is 2.29. The van der Waals surface area contributed by atoms with Crippen molar-refractivity contribution >= 4 is 5.69 Å². The molecule has 1 aliphatic rings. The number of nitriles is 1. The molecule has 1 aromatic rings. The summed E-state index contributed by atoms with van der Waals surface area (Å²) in [7, 11) is 0. The lowest BCUT2D eigenvalue weighted by Gasteiger charge is -2.12. The highest BCUT2D eigenvalue weighted by atomic mass is 14.9. The highest BCUT2D eigenvalue weighted by Gasteiger charge is 2.12. The topological polar surface area (TPSA) is 47.8 Å². The minimum absolute atomic E-state index is 0.682. The predicted molar refractivity (Wildman–Crippen MR) is 70.0 cm³/mol. The maximum Gasteiger partial charge on any atom is 0.0994 e. The van der Waals surface area contributed by atoms with Crippen LogP contribution >= 0.6 is 0 Å². The van der Waals surface area contributed by atoms with Crippen LogP contribution in [0, 0.1) is 18.3 Å². The SMILES string of the molecule is Cc1cc(NCC[C@@H]2CCCN2)ccc1C#N. The van der Waals surface area contributed by atoms with Crippen molar-refractivity contribution in [2.75, 3.05) is 18.4 Å². The summed E-state index contributed by atoms with van der Waals surface area (Å²) in [6.45, 7) is 4.13. The highest BCUT2D eigenvalue weighted by molar-refractivity contribution is 5.51. The normalized spacial score (nSPS) is 18.9. The Morgan fingerprint density at radius 3 is 3.06 bits per heavy atom. The van der Waals surface area contributed by atoms with E-state index in [-0.39, 0.29) is 0 Å². The molecule has 1 atom stereocenters. The molecule has 0 amide bonds. The van der Waals surface area contributed by atoms with Crippen molar-refractivity contribution in [2.45, 2.75) is 32.2 Å². The zero-order valence-corrected chi connectivity index (χ0v) is 10.3. The average molecular weight is 229 g/mol. The van der Waals surface area contributed by atoms with Gasteiger partial charge in [-0.2, -0.15) is 5.26 Å². The van der Waals surface area contributed by atoms with E-state index in [0.29, 0.717) is 6.04 Å². The molecule has 17 heavy (non-hydrogen) atoms. The number of rotatable bonds is 4. The second kappa shape index (κ2) is 5.70. The van der Waals surface area contributed by atoms with Crippen LogP contribution < -0.4 is 10.6 Å². The highest BCUT2D eigenvalue weighted by Crippen LogP contribution is 2.15. The van der Waals surface area contributed by atoms with Crippen LogP contribution in [0.15, 0.2) is 18.2 Å². The third-order valence-electron chi connectivity index (χ3n) is 3.33. The Hall–Kier alpha value is -1.53. The maximum absolute atomic E-state index is 8.85. The maximum atomic E-state index is 8.85. The van der Waals surface area contributed by atoms with Crippen molar-refractivity contribution in [1.82, 2.24) is 5.32 Å². The molecule has 1 aliphatic heterocycles. The van der Waals surface area contributed by atoms with Gasteiger partial charge in [-0.3, -0.25) is 0 Å². The Bertz CT molecular complexity index is 414. The molecule has 0 aromatic heterocycles. The van der Waals surface area contributed by atoms with E-state index in [1.54, 1.807) is 0 Å². The van der Waals surface area contributed by atoms with E-state index < -0.39 is 0 Å². The minimum atomic E-state index is 0.682. The van der Waals surface area contributed by atoms with Crippen LogP contribution in [-0.2, 0) is 0 Å². The number of hydrogen-bond donors (Lipinski definition) is 2. The third-order valence-corrected chi connectivity index (χ3v) is 3.33. The van der Waals surface area contributed by atoms with Gasteiger partial charge in [0.2, 0.25) is 0 Å². The molecule has 0 radical (unpaired) electrons. The van der Waals surface area contributed by atoms with Gasteiger partial charge in [-0.25, -0.2) is 0 Å². The van der Waals surface area contributed by atoms with Crippen LogP contribution in [0.2, 0.25) is 0 Å². The van der Waals surface area contributed by atoms with Crippen LogP contribution in [0.3, 0.4) is 0 Å². The Balaban J connectivity index is 1.82. The summed E-state index contributed by atoms with van der Waals surface area (Å²) in [5.74, 6) is 0. The van der Waals surface area contributed by atoms with Gasteiger partial charge < -0.3 is 10.6 Å². The van der Waals surface area contributed by atoms with E-state index in [1.807, 2.05) is 25.1 Å². The molecule has 1 saturated heterocycles. The molecule has 0 saturated carbocycles. The Morgan fingerprint density at radius 1 is 1.53 bits per heavy atom. The van der Waals surface area contributed by atoms with Crippen molar-refractivity contribution in [3.05, 3.63) is 29.3 Å². The van der Waals surface area contributed by atoms with Crippen molar-refractivity contribution in [3.63, 3.8) is 0 Å². The molecule has 0 spiro atoms. The van der Waals surface area contributed by atoms with Gasteiger partial charge in [0.15, 0.2) is 0 Å². The number of anilines is 1. The van der Waals surface area contributed by atoms with Gasteiger partial charge >= 0.3 is 0 Å². The molecule has 3 heteroatoms. The largest absolute Gasteiger partial charge is 0.385 e. The van der Waals surface area contributed by atoms with E-state index in [4.69, 9.17) is 5.26 Å². The summed E-state index contributed by atoms with van der Waals surface area (Å²) in [6.07, 6.45) is 3.77. The Labute approximate surface area is 103 Å². The van der Waals surface area contributed by atoms with Gasteiger partial charge in [-0.1, -0.05) is 0 Å². The van der Waals surface area contributed by atoms with Crippen molar-refractivity contribution in [1.29, 1.82) is 5.26 Å². The molecule has 2 rings (SSSR count). The second-order valence-corrected chi connectivity index (χ2v) is 4.65. The van der Waals surface area contributed by atoms with Crippen LogP contribution in [0.1, 0.15) is 30.4 Å². The molecular weight excluding hydrogens is 210 g/mol. The summed E-state index contributed by atoms with van der Waals surface area (Å²) in [4.78, 5) is 0. The van der Waals surface area contributed by atoms with Gasteiger partial charge in [-0.15, -0.1) is 0 Å². The quantitative estimate of drug-likeness (QED) is 0.833. The van der Waals surface area contributed by atoms with Gasteiger partial charge in [-0.05, 0) is 56.5 Å². The Morgan fingerprint density at radius 2 is 2.41 bits per heavy atom. The average Bonchev–Trinajstić information content (AvgIpc) is 2.82. The summed E-state index contributed by atoms with van der Waals surface area (Å²) >= 11 is 0. The third kappa shape index (κ3) is 3.21. The molecule has 90 valence electrons. The first-order valence-corrected chi connectivity index (χ1v) is 6.27. The first-order chi connectivity index (χ1) is 8.29. The number of aryl methyl sites for hydroxylation is 1. The standard InChI is InChI=1S/C14H19N3/c1-11-9-14(5-4-12(11)10-15)17-8-6-13-3-2-7-16-13/h4-5,9,13,16-17H,2-3,6-8H2,1H3/t13-/m0/s1. The van der Waals surface area contributed by atoms with Crippen molar-refractivity contribution in [3.8, 4) is 6.07 Å². The minimum Gasteiger partial charge on any atom is -0.385 e. The van der Waals surface area contributed by atoms with E-state index >= 15 is 0 Å². The van der Waals surface area contributed by atoms with E-state index in [2.05, 4.69) is 16.7 Å². The van der Waals surface area contributed by atoms with Crippen LogP contribution in [-0.4, -0.2) is 19.1 Å². The van der Waals surface area contributed by atoms with Crippen LogP contribution in [0.25, 0.3) is 0 Å². The lowest BCUT2D eigenvalue weighted by Crippen LogP contribution is -2.24. The molecule has 1 fully saturated rings. The fourth-order valence-corrected chi connectivity index (χ4v) is 2.29. The van der Waals surface area contributed by atoms with Gasteiger partial charge in [0.05, 0.1) is 11.6 Å². The predicted octanol–water partition coefficient (Wildman–Crippen LogP) is 2.42. The summed E-state index contributed by atoms with van der Waals surface area (Å²) in [6, 6.07) is 8.77.